The van der Waals surface area contributed by atoms with Crippen LogP contribution in [0, 0.1) is 0 Å². The summed E-state index contributed by atoms with van der Waals surface area (Å²) < 4.78 is 2.34. The normalized spacial score (nSPS) is 28.5. The Morgan fingerprint density at radius 1 is 1.42 bits per heavy atom. The zero-order valence-corrected chi connectivity index (χ0v) is 7.03. The van der Waals surface area contributed by atoms with Crippen LogP contribution in [-0.2, 0) is 0 Å². The lowest BCUT2D eigenvalue weighted by molar-refractivity contribution is 0.363. The molecule has 3 rings (SSSR count). The Morgan fingerprint density at radius 2 is 2.25 bits per heavy atom. The third kappa shape index (κ3) is 0.894. The summed E-state index contributed by atoms with van der Waals surface area (Å²) in [6.45, 7) is 1.17. The number of aromatic nitrogens is 2. The highest BCUT2D eigenvalue weighted by Crippen LogP contribution is 2.38. The Morgan fingerprint density at radius 3 is 2.83 bits per heavy atom. The predicted molar refractivity (Wildman–Crippen MR) is 45.9 cm³/mol. The lowest BCUT2D eigenvalue weighted by Crippen LogP contribution is -2.36. The molecular weight excluding hydrogens is 150 g/mol. The number of imidazole rings is 1. The van der Waals surface area contributed by atoms with Crippen molar-refractivity contribution in [2.75, 3.05) is 6.54 Å². The van der Waals surface area contributed by atoms with Crippen LogP contribution in [0.25, 0.3) is 0 Å². The molecule has 0 amide bonds. The first kappa shape index (κ1) is 6.66. The van der Waals surface area contributed by atoms with E-state index in [1.54, 1.807) is 0 Å². The highest BCUT2D eigenvalue weighted by molar-refractivity contribution is 5.11. The van der Waals surface area contributed by atoms with Gasteiger partial charge < -0.3 is 9.88 Å². The van der Waals surface area contributed by atoms with Gasteiger partial charge in [0.05, 0.1) is 18.1 Å². The SMILES string of the molecule is c1ncn(C2CC2)c1C1CCN1. The Labute approximate surface area is 71.8 Å². The van der Waals surface area contributed by atoms with E-state index in [1.165, 1.54) is 31.5 Å². The second-order valence-electron chi connectivity index (χ2n) is 3.75. The van der Waals surface area contributed by atoms with E-state index in [9.17, 15) is 0 Å². The minimum atomic E-state index is 0.591. The molecule has 0 spiro atoms. The molecule has 1 aromatic heterocycles. The van der Waals surface area contributed by atoms with E-state index in [-0.39, 0.29) is 0 Å². The highest BCUT2D eigenvalue weighted by Gasteiger charge is 2.29. The van der Waals surface area contributed by atoms with E-state index in [2.05, 4.69) is 14.9 Å². The molecule has 2 fully saturated rings. The quantitative estimate of drug-likeness (QED) is 0.711. The van der Waals surface area contributed by atoms with Gasteiger partial charge in [-0.2, -0.15) is 0 Å². The van der Waals surface area contributed by atoms with Crippen molar-refractivity contribution < 1.29 is 0 Å². The van der Waals surface area contributed by atoms with Gasteiger partial charge in [-0.15, -0.1) is 0 Å². The summed E-state index contributed by atoms with van der Waals surface area (Å²) in [6.07, 6.45) is 7.95. The Bertz CT molecular complexity index is 284. The van der Waals surface area contributed by atoms with Gasteiger partial charge in [0, 0.05) is 12.2 Å². The molecule has 2 heterocycles. The summed E-state index contributed by atoms with van der Waals surface area (Å²) in [7, 11) is 0. The molecule has 64 valence electrons. The third-order valence-corrected chi connectivity index (χ3v) is 2.82. The van der Waals surface area contributed by atoms with Gasteiger partial charge in [0.1, 0.15) is 0 Å². The summed E-state index contributed by atoms with van der Waals surface area (Å²) in [6, 6.07) is 1.36. The Balaban J connectivity index is 1.91. The van der Waals surface area contributed by atoms with Gasteiger partial charge in [0.25, 0.3) is 0 Å². The molecule has 1 unspecified atom stereocenters. The topological polar surface area (TPSA) is 29.9 Å². The van der Waals surface area contributed by atoms with Gasteiger partial charge in [0.2, 0.25) is 0 Å². The average Bonchev–Trinajstić information content (AvgIpc) is 2.70. The standard InChI is InChI=1S/C9H13N3/c1-2-7(1)12-6-10-5-9(12)8-3-4-11-8/h5-8,11H,1-4H2. The smallest absolute Gasteiger partial charge is 0.0951 e. The van der Waals surface area contributed by atoms with Crippen LogP contribution in [0.15, 0.2) is 12.5 Å². The molecule has 0 radical (unpaired) electrons. The second kappa shape index (κ2) is 2.33. The molecule has 1 saturated heterocycles. The number of hydrogen-bond donors (Lipinski definition) is 1. The molecule has 0 aromatic carbocycles. The van der Waals surface area contributed by atoms with Gasteiger partial charge >= 0.3 is 0 Å². The van der Waals surface area contributed by atoms with Crippen LogP contribution in [0.2, 0.25) is 0 Å². The van der Waals surface area contributed by atoms with Crippen LogP contribution in [-0.4, -0.2) is 16.1 Å². The molecule has 1 aromatic rings. The van der Waals surface area contributed by atoms with Crippen molar-refractivity contribution in [3.05, 3.63) is 18.2 Å². The molecule has 1 aliphatic heterocycles. The maximum absolute atomic E-state index is 4.21. The van der Waals surface area contributed by atoms with Crippen LogP contribution < -0.4 is 5.32 Å². The van der Waals surface area contributed by atoms with Crippen molar-refractivity contribution in [3.8, 4) is 0 Å². The Hall–Kier alpha value is -0.830. The van der Waals surface area contributed by atoms with Crippen LogP contribution >= 0.6 is 0 Å². The van der Waals surface area contributed by atoms with Crippen molar-refractivity contribution in [3.63, 3.8) is 0 Å². The first-order valence-electron chi connectivity index (χ1n) is 4.70. The molecule has 1 saturated carbocycles. The molecule has 0 bridgehead atoms. The first-order chi connectivity index (χ1) is 5.95. The van der Waals surface area contributed by atoms with Crippen molar-refractivity contribution in [2.24, 2.45) is 0 Å². The fraction of sp³-hybridized carbons (Fsp3) is 0.667. The molecule has 12 heavy (non-hydrogen) atoms. The summed E-state index contributed by atoms with van der Waals surface area (Å²) in [5.74, 6) is 0. The van der Waals surface area contributed by atoms with E-state index in [4.69, 9.17) is 0 Å². The molecule has 1 atom stereocenters. The highest BCUT2D eigenvalue weighted by atomic mass is 15.1. The minimum absolute atomic E-state index is 0.591. The average molecular weight is 163 g/mol. The molecular formula is C9H13N3. The van der Waals surface area contributed by atoms with Crippen LogP contribution in [0.1, 0.15) is 37.0 Å². The van der Waals surface area contributed by atoms with Gasteiger partial charge in [-0.25, -0.2) is 4.98 Å². The number of nitrogens with one attached hydrogen (secondary N) is 1. The van der Waals surface area contributed by atoms with Crippen molar-refractivity contribution >= 4 is 0 Å². The maximum atomic E-state index is 4.21. The molecule has 3 nitrogen and oxygen atoms in total. The van der Waals surface area contributed by atoms with Gasteiger partial charge in [-0.1, -0.05) is 0 Å². The van der Waals surface area contributed by atoms with Gasteiger partial charge in [0.15, 0.2) is 0 Å². The predicted octanol–water partition coefficient (Wildman–Crippen LogP) is 1.25. The van der Waals surface area contributed by atoms with Crippen molar-refractivity contribution in [1.29, 1.82) is 0 Å². The monoisotopic (exact) mass is 163 g/mol. The largest absolute Gasteiger partial charge is 0.330 e. The number of rotatable bonds is 2. The number of hydrogen-bond acceptors (Lipinski definition) is 2. The van der Waals surface area contributed by atoms with E-state index in [0.717, 1.165) is 6.04 Å². The first-order valence-corrected chi connectivity index (χ1v) is 4.70. The molecule has 2 aliphatic rings. The Kier molecular flexibility index (Phi) is 1.29. The summed E-state index contributed by atoms with van der Waals surface area (Å²) in [4.78, 5) is 4.21. The van der Waals surface area contributed by atoms with E-state index in [1.807, 2.05) is 12.5 Å². The van der Waals surface area contributed by atoms with Crippen LogP contribution in [0.5, 0.6) is 0 Å². The second-order valence-corrected chi connectivity index (χ2v) is 3.75. The minimum Gasteiger partial charge on any atom is -0.330 e. The molecule has 3 heteroatoms. The van der Waals surface area contributed by atoms with Crippen LogP contribution in [0.3, 0.4) is 0 Å². The molecule has 1 N–H and O–H groups in total. The maximum Gasteiger partial charge on any atom is 0.0951 e. The van der Waals surface area contributed by atoms with Gasteiger partial charge in [-0.3, -0.25) is 0 Å². The number of nitrogens with zero attached hydrogens (tertiary/aromatic N) is 2. The van der Waals surface area contributed by atoms with Crippen LogP contribution in [0.4, 0.5) is 0 Å². The van der Waals surface area contributed by atoms with E-state index >= 15 is 0 Å². The fourth-order valence-corrected chi connectivity index (χ4v) is 1.78. The molecule has 1 aliphatic carbocycles. The summed E-state index contributed by atoms with van der Waals surface area (Å²) in [5.41, 5.74) is 1.39. The van der Waals surface area contributed by atoms with Crippen molar-refractivity contribution in [1.82, 2.24) is 14.9 Å². The van der Waals surface area contributed by atoms with E-state index < -0.39 is 0 Å². The zero-order chi connectivity index (χ0) is 7.97. The summed E-state index contributed by atoms with van der Waals surface area (Å²) >= 11 is 0. The van der Waals surface area contributed by atoms with Gasteiger partial charge in [-0.05, 0) is 25.8 Å². The van der Waals surface area contributed by atoms with Crippen molar-refractivity contribution in [2.45, 2.75) is 31.3 Å². The van der Waals surface area contributed by atoms with E-state index in [0.29, 0.717) is 6.04 Å². The zero-order valence-electron chi connectivity index (χ0n) is 7.03. The lowest BCUT2D eigenvalue weighted by Gasteiger charge is -2.28. The summed E-state index contributed by atoms with van der Waals surface area (Å²) in [5, 5.41) is 3.41. The third-order valence-electron chi connectivity index (χ3n) is 2.82. The lowest BCUT2D eigenvalue weighted by atomic mass is 10.0. The fourth-order valence-electron chi connectivity index (χ4n) is 1.78.